The summed E-state index contributed by atoms with van der Waals surface area (Å²) in [5, 5.41) is 9.94. The highest BCUT2D eigenvalue weighted by atomic mass is 16.3. The summed E-state index contributed by atoms with van der Waals surface area (Å²) in [6.07, 6.45) is 11.3. The maximum atomic E-state index is 11.8. The van der Waals surface area contributed by atoms with Crippen molar-refractivity contribution in [1.29, 1.82) is 0 Å². The van der Waals surface area contributed by atoms with Gasteiger partial charge < -0.3 is 5.11 Å². The minimum absolute atomic E-state index is 0.106. The summed E-state index contributed by atoms with van der Waals surface area (Å²) < 4.78 is 0. The largest absolute Gasteiger partial charge is 0.512 e. The number of hydrogen-bond donors (Lipinski definition) is 1. The smallest absolute Gasteiger partial charge is 0.159 e. The van der Waals surface area contributed by atoms with Gasteiger partial charge in [0.2, 0.25) is 0 Å². The van der Waals surface area contributed by atoms with E-state index < -0.39 is 0 Å². The molecule has 1 unspecified atom stereocenters. The summed E-state index contributed by atoms with van der Waals surface area (Å²) in [5.41, 5.74) is 0. The first-order valence-corrected chi connectivity index (χ1v) is 7.60. The molecule has 1 fully saturated rings. The predicted octanol–water partition coefficient (Wildman–Crippen LogP) is 4.79. The van der Waals surface area contributed by atoms with E-state index in [0.29, 0.717) is 12.2 Å². The third-order valence-corrected chi connectivity index (χ3v) is 4.13. The van der Waals surface area contributed by atoms with E-state index in [-0.39, 0.29) is 11.7 Å². The predicted molar refractivity (Wildman–Crippen MR) is 75.6 cm³/mol. The molecule has 2 heteroatoms. The van der Waals surface area contributed by atoms with E-state index in [1.165, 1.54) is 31.8 Å². The zero-order valence-corrected chi connectivity index (χ0v) is 12.0. The van der Waals surface area contributed by atoms with Gasteiger partial charge in [0.15, 0.2) is 5.78 Å². The first-order valence-electron chi connectivity index (χ1n) is 7.60. The number of carbonyl (C=O) groups is 1. The lowest BCUT2D eigenvalue weighted by Crippen LogP contribution is -2.06. The zero-order chi connectivity index (χ0) is 13.4. The quantitative estimate of drug-likeness (QED) is 0.498. The maximum Gasteiger partial charge on any atom is 0.159 e. The van der Waals surface area contributed by atoms with Crippen LogP contribution in [0.2, 0.25) is 0 Å². The fourth-order valence-electron chi connectivity index (χ4n) is 2.91. The number of aliphatic hydroxyl groups is 1. The average molecular weight is 252 g/mol. The molecule has 0 radical (unpaired) electrons. The molecule has 104 valence electrons. The molecule has 0 aromatic rings. The Morgan fingerprint density at radius 3 is 2.56 bits per heavy atom. The fraction of sp³-hybridized carbons (Fsp3) is 0.812. The van der Waals surface area contributed by atoms with E-state index in [9.17, 15) is 9.90 Å². The van der Waals surface area contributed by atoms with Crippen molar-refractivity contribution in [3.8, 4) is 0 Å². The second-order valence-electron chi connectivity index (χ2n) is 5.62. The van der Waals surface area contributed by atoms with Crippen LogP contribution in [0.15, 0.2) is 11.8 Å². The third kappa shape index (κ3) is 5.24. The minimum Gasteiger partial charge on any atom is -0.512 e. The van der Waals surface area contributed by atoms with Gasteiger partial charge in [0, 0.05) is 18.4 Å². The number of aliphatic hydroxyl groups excluding tert-OH is 1. The van der Waals surface area contributed by atoms with E-state index in [2.05, 4.69) is 13.8 Å². The molecule has 0 heterocycles. The van der Waals surface area contributed by atoms with Gasteiger partial charge in [-0.15, -0.1) is 0 Å². The molecule has 0 aromatic carbocycles. The molecular formula is C16H28O2. The van der Waals surface area contributed by atoms with E-state index >= 15 is 0 Å². The number of hydrogen-bond acceptors (Lipinski definition) is 2. The van der Waals surface area contributed by atoms with Gasteiger partial charge in [-0.25, -0.2) is 0 Å². The Hall–Kier alpha value is -0.790. The van der Waals surface area contributed by atoms with Crippen molar-refractivity contribution in [2.75, 3.05) is 0 Å². The lowest BCUT2D eigenvalue weighted by atomic mass is 9.96. The molecule has 1 atom stereocenters. The summed E-state index contributed by atoms with van der Waals surface area (Å²) in [6.45, 7) is 4.17. The minimum atomic E-state index is 0.106. The Balaban J connectivity index is 2.35. The molecule has 1 aliphatic carbocycles. The topological polar surface area (TPSA) is 37.3 Å². The molecule has 0 saturated heterocycles. The van der Waals surface area contributed by atoms with Crippen LogP contribution in [0.5, 0.6) is 0 Å². The van der Waals surface area contributed by atoms with Crippen LogP contribution in [0, 0.1) is 11.8 Å². The van der Waals surface area contributed by atoms with Gasteiger partial charge in [-0.05, 0) is 25.2 Å². The van der Waals surface area contributed by atoms with Crippen molar-refractivity contribution in [3.63, 3.8) is 0 Å². The third-order valence-electron chi connectivity index (χ3n) is 4.13. The van der Waals surface area contributed by atoms with Crippen LogP contribution < -0.4 is 0 Å². The Kier molecular flexibility index (Phi) is 7.07. The van der Waals surface area contributed by atoms with Gasteiger partial charge in [-0.2, -0.15) is 0 Å². The van der Waals surface area contributed by atoms with Crippen LogP contribution >= 0.6 is 0 Å². The normalized spacial score (nSPS) is 19.1. The Morgan fingerprint density at radius 1 is 1.33 bits per heavy atom. The summed E-state index contributed by atoms with van der Waals surface area (Å²) in [6, 6.07) is 0. The van der Waals surface area contributed by atoms with Crippen molar-refractivity contribution in [2.24, 2.45) is 11.8 Å². The van der Waals surface area contributed by atoms with Gasteiger partial charge in [-0.1, -0.05) is 46.0 Å². The van der Waals surface area contributed by atoms with Crippen LogP contribution in [0.1, 0.15) is 71.6 Å². The monoisotopic (exact) mass is 252 g/mol. The maximum absolute atomic E-state index is 11.8. The molecule has 1 N–H and O–H groups in total. The second kappa shape index (κ2) is 8.34. The van der Waals surface area contributed by atoms with Gasteiger partial charge >= 0.3 is 0 Å². The summed E-state index contributed by atoms with van der Waals surface area (Å²) in [5.74, 6) is 1.33. The molecule has 0 aromatic heterocycles. The van der Waals surface area contributed by atoms with E-state index in [4.69, 9.17) is 0 Å². The number of carbonyl (C=O) groups excluding carboxylic acids is 1. The highest BCUT2D eigenvalue weighted by molar-refractivity contribution is 5.90. The van der Waals surface area contributed by atoms with Crippen molar-refractivity contribution in [3.05, 3.63) is 11.8 Å². The molecule has 0 amide bonds. The molecular weight excluding hydrogens is 224 g/mol. The Labute approximate surface area is 111 Å². The fourth-order valence-corrected chi connectivity index (χ4v) is 2.91. The summed E-state index contributed by atoms with van der Waals surface area (Å²) in [7, 11) is 0. The highest BCUT2D eigenvalue weighted by Crippen LogP contribution is 2.28. The van der Waals surface area contributed by atoms with E-state index in [1.54, 1.807) is 0 Å². The molecule has 1 rings (SSSR count). The van der Waals surface area contributed by atoms with Crippen molar-refractivity contribution in [1.82, 2.24) is 0 Å². The van der Waals surface area contributed by atoms with Crippen LogP contribution in [0.25, 0.3) is 0 Å². The average Bonchev–Trinajstić information content (AvgIpc) is 2.86. The SMILES string of the molecule is CCCC(CC)/C(O)=C/C(=O)CCC1CCCC1. The Morgan fingerprint density at radius 2 is 2.00 bits per heavy atom. The first-order chi connectivity index (χ1) is 8.67. The number of ketones is 1. The molecule has 0 bridgehead atoms. The van der Waals surface area contributed by atoms with Crippen LogP contribution in [-0.2, 0) is 4.79 Å². The van der Waals surface area contributed by atoms with Crippen LogP contribution in [-0.4, -0.2) is 10.9 Å². The van der Waals surface area contributed by atoms with Crippen LogP contribution in [0.3, 0.4) is 0 Å². The van der Waals surface area contributed by atoms with Gasteiger partial charge in [0.05, 0.1) is 5.76 Å². The Bertz CT molecular complexity index is 275. The van der Waals surface area contributed by atoms with Crippen molar-refractivity contribution >= 4 is 5.78 Å². The molecule has 2 nitrogen and oxygen atoms in total. The standard InChI is InChI=1S/C16H28O2/c1-3-7-14(4-2)16(18)12-15(17)11-10-13-8-5-6-9-13/h12-14,18H,3-11H2,1-2H3/b16-12-. The van der Waals surface area contributed by atoms with Crippen molar-refractivity contribution < 1.29 is 9.90 Å². The highest BCUT2D eigenvalue weighted by Gasteiger charge is 2.16. The van der Waals surface area contributed by atoms with Gasteiger partial charge in [0.1, 0.15) is 0 Å². The van der Waals surface area contributed by atoms with Crippen LogP contribution in [0.4, 0.5) is 0 Å². The van der Waals surface area contributed by atoms with Gasteiger partial charge in [-0.3, -0.25) is 4.79 Å². The molecule has 1 saturated carbocycles. The second-order valence-corrected chi connectivity index (χ2v) is 5.62. The summed E-state index contributed by atoms with van der Waals surface area (Å²) >= 11 is 0. The van der Waals surface area contributed by atoms with E-state index in [0.717, 1.165) is 31.6 Å². The lowest BCUT2D eigenvalue weighted by molar-refractivity contribution is -0.115. The first kappa shape index (κ1) is 15.3. The number of rotatable bonds is 8. The number of allylic oxidation sites excluding steroid dienone is 2. The lowest BCUT2D eigenvalue weighted by Gasteiger charge is -2.12. The molecule has 0 aliphatic heterocycles. The van der Waals surface area contributed by atoms with E-state index in [1.807, 2.05) is 0 Å². The summed E-state index contributed by atoms with van der Waals surface area (Å²) in [4.78, 5) is 11.8. The molecule has 1 aliphatic rings. The molecule has 18 heavy (non-hydrogen) atoms. The zero-order valence-electron chi connectivity index (χ0n) is 12.0. The molecule has 0 spiro atoms. The van der Waals surface area contributed by atoms with Crippen molar-refractivity contribution in [2.45, 2.75) is 71.6 Å². The van der Waals surface area contributed by atoms with Gasteiger partial charge in [0.25, 0.3) is 0 Å².